The minimum atomic E-state index is -3.60. The van der Waals surface area contributed by atoms with Crippen molar-refractivity contribution in [1.29, 1.82) is 0 Å². The number of hydrogen-bond donors (Lipinski definition) is 2. The summed E-state index contributed by atoms with van der Waals surface area (Å²) in [6.45, 7) is 2.87. The van der Waals surface area contributed by atoms with Crippen molar-refractivity contribution in [3.63, 3.8) is 0 Å². The number of carbonyl (C=O) groups excluding carboxylic acids is 2. The molecular weight excluding hydrogens is 450 g/mol. The van der Waals surface area contributed by atoms with Crippen molar-refractivity contribution in [3.05, 3.63) is 89.5 Å². The topological polar surface area (TPSA) is 95.6 Å². The van der Waals surface area contributed by atoms with E-state index in [1.54, 1.807) is 60.7 Å². The van der Waals surface area contributed by atoms with Crippen molar-refractivity contribution in [1.82, 2.24) is 4.31 Å². The number of rotatable bonds is 6. The number of sulfonamides is 1. The van der Waals surface area contributed by atoms with Gasteiger partial charge in [-0.1, -0.05) is 36.8 Å². The number of hydrogen-bond acceptors (Lipinski definition) is 4. The van der Waals surface area contributed by atoms with Gasteiger partial charge >= 0.3 is 0 Å². The smallest absolute Gasteiger partial charge is 0.255 e. The molecule has 0 bridgehead atoms. The maximum Gasteiger partial charge on any atom is 0.255 e. The van der Waals surface area contributed by atoms with Gasteiger partial charge in [0.25, 0.3) is 11.8 Å². The van der Waals surface area contributed by atoms with Gasteiger partial charge in [-0.2, -0.15) is 4.31 Å². The van der Waals surface area contributed by atoms with Gasteiger partial charge in [-0.05, 0) is 67.8 Å². The molecular formula is C26H27N3O4S. The lowest BCUT2D eigenvalue weighted by atomic mass is 10.1. The minimum absolute atomic E-state index is 0.159. The average Bonchev–Trinajstić information content (AvgIpc) is 2.86. The second-order valence-corrected chi connectivity index (χ2v) is 10.2. The van der Waals surface area contributed by atoms with Crippen LogP contribution in [-0.2, 0) is 10.0 Å². The first kappa shape index (κ1) is 23.7. The Morgan fingerprint density at radius 1 is 0.765 bits per heavy atom. The second-order valence-electron chi connectivity index (χ2n) is 8.30. The summed E-state index contributed by atoms with van der Waals surface area (Å²) in [5.74, 6) is -0.667. The fourth-order valence-electron chi connectivity index (χ4n) is 3.87. The molecule has 2 amide bonds. The summed E-state index contributed by atoms with van der Waals surface area (Å²) in [7, 11) is -3.60. The number of amides is 2. The number of carbonyl (C=O) groups is 2. The standard InChI is InChI=1S/C26H27N3O4S/c1-19-13-14-21(17-24(19)28-25(30)20-9-4-2-5-10-20)26(31)27-22-11-8-12-23(18-22)34(32,33)29-15-6-3-7-16-29/h2,4-5,8-14,17-18H,3,6-7,15-16H2,1H3,(H,27,31)(H,28,30). The lowest BCUT2D eigenvalue weighted by Crippen LogP contribution is -2.35. The van der Waals surface area contributed by atoms with Crippen molar-refractivity contribution in [2.75, 3.05) is 23.7 Å². The van der Waals surface area contributed by atoms with E-state index in [1.165, 1.54) is 10.4 Å². The van der Waals surface area contributed by atoms with E-state index in [0.717, 1.165) is 24.8 Å². The van der Waals surface area contributed by atoms with E-state index < -0.39 is 15.9 Å². The van der Waals surface area contributed by atoms with E-state index in [-0.39, 0.29) is 10.8 Å². The number of nitrogens with zero attached hydrogens (tertiary/aromatic N) is 1. The summed E-state index contributed by atoms with van der Waals surface area (Å²) in [4.78, 5) is 25.6. The van der Waals surface area contributed by atoms with Gasteiger partial charge in [0.2, 0.25) is 10.0 Å². The summed E-state index contributed by atoms with van der Waals surface area (Å²) in [6, 6.07) is 20.2. The maximum atomic E-state index is 13.0. The first-order chi connectivity index (χ1) is 16.3. The van der Waals surface area contributed by atoms with Crippen LogP contribution < -0.4 is 10.6 Å². The molecule has 0 aliphatic carbocycles. The van der Waals surface area contributed by atoms with Gasteiger partial charge in [0.05, 0.1) is 4.90 Å². The average molecular weight is 478 g/mol. The van der Waals surface area contributed by atoms with Crippen molar-refractivity contribution >= 4 is 33.2 Å². The Kier molecular flexibility index (Phi) is 7.09. The number of aryl methyl sites for hydroxylation is 1. The predicted octanol–water partition coefficient (Wildman–Crippen LogP) is 4.67. The van der Waals surface area contributed by atoms with Crippen molar-refractivity contribution in [2.24, 2.45) is 0 Å². The Balaban J connectivity index is 1.50. The summed E-state index contributed by atoms with van der Waals surface area (Å²) < 4.78 is 27.4. The van der Waals surface area contributed by atoms with Crippen molar-refractivity contribution < 1.29 is 18.0 Å². The Labute approximate surface area is 199 Å². The highest BCUT2D eigenvalue weighted by Gasteiger charge is 2.26. The van der Waals surface area contributed by atoms with Crippen molar-refractivity contribution in [3.8, 4) is 0 Å². The van der Waals surface area contributed by atoms with Crippen LogP contribution in [0.25, 0.3) is 0 Å². The Bertz CT molecular complexity index is 1300. The zero-order valence-corrected chi connectivity index (χ0v) is 19.8. The molecule has 8 heteroatoms. The third kappa shape index (κ3) is 5.35. The molecule has 176 valence electrons. The molecule has 1 heterocycles. The van der Waals surface area contributed by atoms with Gasteiger partial charge < -0.3 is 10.6 Å². The monoisotopic (exact) mass is 477 g/mol. The van der Waals surface area contributed by atoms with Crippen LogP contribution in [0.1, 0.15) is 45.5 Å². The summed E-state index contributed by atoms with van der Waals surface area (Å²) >= 11 is 0. The Morgan fingerprint density at radius 2 is 1.47 bits per heavy atom. The molecule has 0 unspecified atom stereocenters. The van der Waals surface area contributed by atoms with E-state index in [4.69, 9.17) is 0 Å². The van der Waals surface area contributed by atoms with E-state index in [1.807, 2.05) is 13.0 Å². The highest BCUT2D eigenvalue weighted by Crippen LogP contribution is 2.24. The van der Waals surface area contributed by atoms with Gasteiger partial charge in [-0.3, -0.25) is 9.59 Å². The normalized spacial score (nSPS) is 14.4. The summed E-state index contributed by atoms with van der Waals surface area (Å²) in [5, 5.41) is 5.62. The van der Waals surface area contributed by atoms with Crippen LogP contribution in [0.5, 0.6) is 0 Å². The molecule has 1 fully saturated rings. The number of anilines is 2. The van der Waals surface area contributed by atoms with Crippen LogP contribution in [0, 0.1) is 6.92 Å². The van der Waals surface area contributed by atoms with Gasteiger partial charge in [-0.15, -0.1) is 0 Å². The van der Waals surface area contributed by atoms with Crippen LogP contribution in [0.2, 0.25) is 0 Å². The van der Waals surface area contributed by atoms with Crippen molar-refractivity contribution in [2.45, 2.75) is 31.1 Å². The van der Waals surface area contributed by atoms with E-state index in [9.17, 15) is 18.0 Å². The quantitative estimate of drug-likeness (QED) is 0.539. The van der Waals surface area contributed by atoms with Crippen LogP contribution >= 0.6 is 0 Å². The second kappa shape index (κ2) is 10.2. The van der Waals surface area contributed by atoms with Crippen LogP contribution in [-0.4, -0.2) is 37.6 Å². The highest BCUT2D eigenvalue weighted by atomic mass is 32.2. The molecule has 4 rings (SSSR count). The zero-order chi connectivity index (χ0) is 24.1. The van der Waals surface area contributed by atoms with Crippen LogP contribution in [0.3, 0.4) is 0 Å². The number of nitrogens with one attached hydrogen (secondary N) is 2. The lowest BCUT2D eigenvalue weighted by Gasteiger charge is -2.26. The SMILES string of the molecule is Cc1ccc(C(=O)Nc2cccc(S(=O)(=O)N3CCCCC3)c2)cc1NC(=O)c1ccccc1. The molecule has 3 aromatic rings. The molecule has 0 aromatic heterocycles. The third-order valence-electron chi connectivity index (χ3n) is 5.83. The first-order valence-electron chi connectivity index (χ1n) is 11.2. The Hall–Kier alpha value is -3.49. The van der Waals surface area contributed by atoms with Crippen LogP contribution in [0.4, 0.5) is 11.4 Å². The maximum absolute atomic E-state index is 13.0. The summed E-state index contributed by atoms with van der Waals surface area (Å²) in [6.07, 6.45) is 2.74. The number of piperidine rings is 1. The molecule has 0 radical (unpaired) electrons. The molecule has 3 aromatic carbocycles. The molecule has 7 nitrogen and oxygen atoms in total. The zero-order valence-electron chi connectivity index (χ0n) is 19.0. The van der Waals surface area contributed by atoms with Gasteiger partial charge in [0, 0.05) is 35.6 Å². The molecule has 0 saturated carbocycles. The molecule has 34 heavy (non-hydrogen) atoms. The largest absolute Gasteiger partial charge is 0.322 e. The molecule has 1 aliphatic heterocycles. The van der Waals surface area contributed by atoms with Gasteiger partial charge in [0.1, 0.15) is 0 Å². The molecule has 0 atom stereocenters. The first-order valence-corrected chi connectivity index (χ1v) is 12.7. The predicted molar refractivity (Wildman–Crippen MR) is 133 cm³/mol. The van der Waals surface area contributed by atoms with Gasteiger partial charge in [-0.25, -0.2) is 8.42 Å². The van der Waals surface area contributed by atoms with E-state index in [0.29, 0.717) is 35.6 Å². The fraction of sp³-hybridized carbons (Fsp3) is 0.231. The molecule has 1 aliphatic rings. The molecule has 2 N–H and O–H groups in total. The Morgan fingerprint density at radius 3 is 2.21 bits per heavy atom. The van der Waals surface area contributed by atoms with E-state index in [2.05, 4.69) is 10.6 Å². The lowest BCUT2D eigenvalue weighted by molar-refractivity contribution is 0.101. The van der Waals surface area contributed by atoms with E-state index >= 15 is 0 Å². The minimum Gasteiger partial charge on any atom is -0.322 e. The van der Waals surface area contributed by atoms with Crippen LogP contribution in [0.15, 0.2) is 77.7 Å². The highest BCUT2D eigenvalue weighted by molar-refractivity contribution is 7.89. The third-order valence-corrected chi connectivity index (χ3v) is 7.72. The molecule has 0 spiro atoms. The summed E-state index contributed by atoms with van der Waals surface area (Å²) in [5.41, 5.74) is 2.60. The molecule has 1 saturated heterocycles. The van der Waals surface area contributed by atoms with Gasteiger partial charge in [0.15, 0.2) is 0 Å². The number of benzene rings is 3. The fourth-order valence-corrected chi connectivity index (χ4v) is 5.44.